The maximum absolute atomic E-state index is 11.0. The number of nitrogens with one attached hydrogen (secondary N) is 1. The van der Waals surface area contributed by atoms with Crippen molar-refractivity contribution in [2.75, 3.05) is 6.54 Å². The molecule has 16 heavy (non-hydrogen) atoms. The Kier molecular flexibility index (Phi) is 2.87. The van der Waals surface area contributed by atoms with Crippen molar-refractivity contribution in [3.8, 4) is 0 Å². The number of nitrogens with zero attached hydrogens (tertiary/aromatic N) is 2. The fourth-order valence-corrected chi connectivity index (χ4v) is 1.48. The van der Waals surface area contributed by atoms with Crippen molar-refractivity contribution in [1.82, 2.24) is 14.7 Å². The summed E-state index contributed by atoms with van der Waals surface area (Å²) in [6, 6.07) is 4.01. The summed E-state index contributed by atoms with van der Waals surface area (Å²) in [7, 11) is 0. The summed E-state index contributed by atoms with van der Waals surface area (Å²) in [5, 5.41) is 2.68. The molecule has 2 heterocycles. The van der Waals surface area contributed by atoms with E-state index in [1.165, 1.54) is 0 Å². The number of aryl methyl sites for hydroxylation is 1. The second-order valence-corrected chi connectivity index (χ2v) is 3.68. The van der Waals surface area contributed by atoms with Gasteiger partial charge in [-0.2, -0.15) is 0 Å². The molecule has 0 aliphatic carbocycles. The van der Waals surface area contributed by atoms with Gasteiger partial charge in [-0.3, -0.25) is 4.79 Å². The Bertz CT molecular complexity index is 518. The first kappa shape index (κ1) is 10.6. The predicted molar refractivity (Wildman–Crippen MR) is 60.8 cm³/mol. The van der Waals surface area contributed by atoms with Crippen molar-refractivity contribution in [2.45, 2.75) is 13.5 Å². The van der Waals surface area contributed by atoms with E-state index in [2.05, 4.69) is 10.3 Å². The summed E-state index contributed by atoms with van der Waals surface area (Å²) >= 11 is 0. The van der Waals surface area contributed by atoms with Crippen LogP contribution in [0.25, 0.3) is 5.65 Å². The zero-order valence-electron chi connectivity index (χ0n) is 9.10. The molecule has 84 valence electrons. The predicted octanol–water partition coefficient (Wildman–Crippen LogP) is 0.218. The molecule has 0 atom stereocenters. The highest BCUT2D eigenvalue weighted by Crippen LogP contribution is 2.07. The highest BCUT2D eigenvalue weighted by molar-refractivity contribution is 5.77. The maximum Gasteiger partial charge on any atom is 0.234 e. The van der Waals surface area contributed by atoms with Crippen LogP contribution >= 0.6 is 0 Å². The molecule has 0 saturated carbocycles. The fourth-order valence-electron chi connectivity index (χ4n) is 1.48. The molecule has 0 fully saturated rings. The number of carbonyl (C=O) groups excluding carboxylic acids is 1. The Hall–Kier alpha value is -1.88. The van der Waals surface area contributed by atoms with Crippen LogP contribution in [0.15, 0.2) is 24.5 Å². The third-order valence-electron chi connectivity index (χ3n) is 2.32. The van der Waals surface area contributed by atoms with Crippen LogP contribution in [-0.2, 0) is 11.3 Å². The number of imidazole rings is 1. The molecule has 5 heteroatoms. The second-order valence-electron chi connectivity index (χ2n) is 3.68. The SMILES string of the molecule is Cc1ccn2cc(CNC(=O)CN)nc2c1. The number of fused-ring (bicyclic) bond motifs is 1. The van der Waals surface area contributed by atoms with E-state index in [0.717, 1.165) is 16.9 Å². The average Bonchev–Trinajstić information content (AvgIpc) is 2.67. The standard InChI is InChI=1S/C11H14N4O/c1-8-2-3-15-7-9(14-10(15)4-8)6-13-11(16)5-12/h2-4,7H,5-6,12H2,1H3,(H,13,16). The minimum Gasteiger partial charge on any atom is -0.349 e. The third kappa shape index (κ3) is 2.20. The van der Waals surface area contributed by atoms with Gasteiger partial charge < -0.3 is 15.5 Å². The van der Waals surface area contributed by atoms with E-state index < -0.39 is 0 Å². The van der Waals surface area contributed by atoms with Crippen molar-refractivity contribution >= 4 is 11.6 Å². The molecule has 5 nitrogen and oxygen atoms in total. The van der Waals surface area contributed by atoms with Gasteiger partial charge >= 0.3 is 0 Å². The maximum atomic E-state index is 11.0. The molecule has 3 N–H and O–H groups in total. The first-order valence-corrected chi connectivity index (χ1v) is 5.10. The van der Waals surface area contributed by atoms with E-state index in [-0.39, 0.29) is 12.5 Å². The van der Waals surface area contributed by atoms with Gasteiger partial charge in [-0.15, -0.1) is 0 Å². The van der Waals surface area contributed by atoms with Crippen molar-refractivity contribution in [1.29, 1.82) is 0 Å². The van der Waals surface area contributed by atoms with Crippen molar-refractivity contribution < 1.29 is 4.79 Å². The van der Waals surface area contributed by atoms with Crippen LogP contribution in [0, 0.1) is 6.92 Å². The molecular weight excluding hydrogens is 204 g/mol. The minimum absolute atomic E-state index is 0.00643. The Balaban J connectivity index is 2.16. The van der Waals surface area contributed by atoms with E-state index >= 15 is 0 Å². The lowest BCUT2D eigenvalue weighted by Crippen LogP contribution is -2.29. The molecular formula is C11H14N4O. The van der Waals surface area contributed by atoms with Gasteiger partial charge in [0.05, 0.1) is 18.8 Å². The largest absolute Gasteiger partial charge is 0.349 e. The van der Waals surface area contributed by atoms with Crippen LogP contribution in [-0.4, -0.2) is 21.8 Å². The van der Waals surface area contributed by atoms with Gasteiger partial charge in [-0.1, -0.05) is 0 Å². The normalized spacial score (nSPS) is 10.6. The van der Waals surface area contributed by atoms with E-state index in [0.29, 0.717) is 6.54 Å². The van der Waals surface area contributed by atoms with Gasteiger partial charge in [-0.05, 0) is 24.6 Å². The lowest BCUT2D eigenvalue weighted by atomic mass is 10.3. The average molecular weight is 218 g/mol. The summed E-state index contributed by atoms with van der Waals surface area (Å²) < 4.78 is 1.93. The first-order valence-electron chi connectivity index (χ1n) is 5.10. The minimum atomic E-state index is -0.173. The number of hydrogen-bond donors (Lipinski definition) is 2. The van der Waals surface area contributed by atoms with Crippen LogP contribution < -0.4 is 11.1 Å². The van der Waals surface area contributed by atoms with Crippen LogP contribution in [0.2, 0.25) is 0 Å². The highest BCUT2D eigenvalue weighted by Gasteiger charge is 2.03. The molecule has 0 aliphatic heterocycles. The molecule has 0 aromatic carbocycles. The molecule has 2 rings (SSSR count). The van der Waals surface area contributed by atoms with Gasteiger partial charge in [0.2, 0.25) is 5.91 Å². The topological polar surface area (TPSA) is 72.4 Å². The van der Waals surface area contributed by atoms with Gasteiger partial charge in [0.15, 0.2) is 0 Å². The second kappa shape index (κ2) is 4.32. The number of nitrogens with two attached hydrogens (primary N) is 1. The zero-order valence-corrected chi connectivity index (χ0v) is 9.10. The van der Waals surface area contributed by atoms with Crippen LogP contribution in [0.5, 0.6) is 0 Å². The molecule has 2 aromatic rings. The lowest BCUT2D eigenvalue weighted by Gasteiger charge is -1.98. The van der Waals surface area contributed by atoms with E-state index in [4.69, 9.17) is 5.73 Å². The fraction of sp³-hybridized carbons (Fsp3) is 0.273. The quantitative estimate of drug-likeness (QED) is 0.774. The monoisotopic (exact) mass is 218 g/mol. The van der Waals surface area contributed by atoms with Crippen LogP contribution in [0.3, 0.4) is 0 Å². The molecule has 2 aromatic heterocycles. The van der Waals surface area contributed by atoms with E-state index in [9.17, 15) is 4.79 Å². The lowest BCUT2D eigenvalue weighted by molar-refractivity contribution is -0.119. The van der Waals surface area contributed by atoms with E-state index in [1.807, 2.05) is 35.9 Å². The third-order valence-corrected chi connectivity index (χ3v) is 2.32. The summed E-state index contributed by atoms with van der Waals surface area (Å²) in [5.41, 5.74) is 8.07. The smallest absolute Gasteiger partial charge is 0.234 e. The first-order chi connectivity index (χ1) is 7.69. The summed E-state index contributed by atoms with van der Waals surface area (Å²) in [4.78, 5) is 15.4. The molecule has 0 spiro atoms. The highest BCUT2D eigenvalue weighted by atomic mass is 16.1. The summed E-state index contributed by atoms with van der Waals surface area (Å²) in [6.45, 7) is 2.44. The number of aromatic nitrogens is 2. The van der Waals surface area contributed by atoms with Gasteiger partial charge in [-0.25, -0.2) is 4.98 Å². The summed E-state index contributed by atoms with van der Waals surface area (Å²) in [6.07, 6.45) is 3.84. The Morgan fingerprint density at radius 2 is 2.44 bits per heavy atom. The molecule has 0 saturated heterocycles. The number of amides is 1. The van der Waals surface area contributed by atoms with Crippen LogP contribution in [0.4, 0.5) is 0 Å². The number of carbonyl (C=O) groups is 1. The number of rotatable bonds is 3. The van der Waals surface area contributed by atoms with Gasteiger partial charge in [0.25, 0.3) is 0 Å². The van der Waals surface area contributed by atoms with Crippen molar-refractivity contribution in [3.63, 3.8) is 0 Å². The van der Waals surface area contributed by atoms with Crippen LogP contribution in [0.1, 0.15) is 11.3 Å². The van der Waals surface area contributed by atoms with Gasteiger partial charge in [0, 0.05) is 12.4 Å². The number of hydrogen-bond acceptors (Lipinski definition) is 3. The molecule has 1 amide bonds. The van der Waals surface area contributed by atoms with Crippen molar-refractivity contribution in [2.24, 2.45) is 5.73 Å². The molecule has 0 radical (unpaired) electrons. The molecule has 0 unspecified atom stereocenters. The zero-order chi connectivity index (χ0) is 11.5. The molecule has 0 aliphatic rings. The van der Waals surface area contributed by atoms with Gasteiger partial charge in [0.1, 0.15) is 5.65 Å². The number of pyridine rings is 1. The van der Waals surface area contributed by atoms with E-state index in [1.54, 1.807) is 0 Å². The van der Waals surface area contributed by atoms with Crippen molar-refractivity contribution in [3.05, 3.63) is 35.8 Å². The summed E-state index contributed by atoms with van der Waals surface area (Å²) in [5.74, 6) is -0.173. The Morgan fingerprint density at radius 1 is 1.62 bits per heavy atom. The Morgan fingerprint density at radius 3 is 3.19 bits per heavy atom. The Labute approximate surface area is 93.3 Å². The molecule has 0 bridgehead atoms.